The predicted molar refractivity (Wildman–Crippen MR) is 91.6 cm³/mol. The zero-order valence-electron chi connectivity index (χ0n) is 14.5. The van der Waals surface area contributed by atoms with Crippen LogP contribution in [0.5, 0.6) is 0 Å². The summed E-state index contributed by atoms with van der Waals surface area (Å²) in [5, 5.41) is 13.8. The molecular weight excluding hydrogens is 306 g/mol. The maximum atomic E-state index is 12.3. The van der Waals surface area contributed by atoms with E-state index in [9.17, 15) is 9.90 Å². The van der Waals surface area contributed by atoms with Crippen LogP contribution in [0.4, 0.5) is 4.79 Å². The molecule has 2 fully saturated rings. The van der Waals surface area contributed by atoms with Crippen LogP contribution in [0.25, 0.3) is 0 Å². The molecule has 0 aliphatic carbocycles. The SMILES string of the molecule is CCN1CCC(CNC(=O)N2CCC(O)(Cn3ccnc3)CC2)C1. The molecule has 2 aliphatic rings. The van der Waals surface area contributed by atoms with Crippen LogP contribution in [0.2, 0.25) is 0 Å². The number of carbonyl (C=O) groups excluding carboxylic acids is 1. The Morgan fingerprint density at radius 1 is 1.38 bits per heavy atom. The molecule has 1 aromatic rings. The van der Waals surface area contributed by atoms with E-state index < -0.39 is 5.60 Å². The van der Waals surface area contributed by atoms with Gasteiger partial charge < -0.3 is 24.8 Å². The van der Waals surface area contributed by atoms with Crippen LogP contribution in [-0.2, 0) is 6.54 Å². The minimum Gasteiger partial charge on any atom is -0.388 e. The first-order valence-electron chi connectivity index (χ1n) is 9.01. The molecular formula is C17H29N5O2. The molecule has 0 saturated carbocycles. The molecule has 3 heterocycles. The number of piperidine rings is 1. The Hall–Kier alpha value is -1.60. The number of amides is 2. The second kappa shape index (κ2) is 7.53. The summed E-state index contributed by atoms with van der Waals surface area (Å²) in [5.74, 6) is 0.567. The number of aromatic nitrogens is 2. The highest BCUT2D eigenvalue weighted by atomic mass is 16.3. The molecule has 0 aromatic carbocycles. The van der Waals surface area contributed by atoms with Gasteiger partial charge in [-0.25, -0.2) is 9.78 Å². The largest absolute Gasteiger partial charge is 0.388 e. The zero-order valence-corrected chi connectivity index (χ0v) is 14.5. The van der Waals surface area contributed by atoms with Crippen molar-refractivity contribution in [2.24, 2.45) is 5.92 Å². The Kier molecular flexibility index (Phi) is 5.40. The first-order chi connectivity index (χ1) is 11.6. The quantitative estimate of drug-likeness (QED) is 0.833. The molecule has 1 atom stereocenters. The number of hydrogen-bond acceptors (Lipinski definition) is 4. The first-order valence-corrected chi connectivity index (χ1v) is 9.01. The van der Waals surface area contributed by atoms with Crippen LogP contribution in [-0.4, -0.2) is 75.4 Å². The first kappa shape index (κ1) is 17.2. The molecule has 134 valence electrons. The third-order valence-electron chi connectivity index (χ3n) is 5.38. The van der Waals surface area contributed by atoms with Gasteiger partial charge >= 0.3 is 6.03 Å². The van der Waals surface area contributed by atoms with Gasteiger partial charge in [-0.15, -0.1) is 0 Å². The van der Waals surface area contributed by atoms with E-state index >= 15 is 0 Å². The monoisotopic (exact) mass is 335 g/mol. The Bertz CT molecular complexity index is 525. The molecule has 7 nitrogen and oxygen atoms in total. The summed E-state index contributed by atoms with van der Waals surface area (Å²) in [6.07, 6.45) is 7.67. The minimum atomic E-state index is -0.745. The fourth-order valence-corrected chi connectivity index (χ4v) is 3.71. The Morgan fingerprint density at radius 2 is 2.17 bits per heavy atom. The fraction of sp³-hybridized carbons (Fsp3) is 0.765. The lowest BCUT2D eigenvalue weighted by molar-refractivity contribution is -0.0257. The van der Waals surface area contributed by atoms with E-state index in [-0.39, 0.29) is 6.03 Å². The van der Waals surface area contributed by atoms with Crippen molar-refractivity contribution in [2.75, 3.05) is 39.3 Å². The molecule has 1 aromatic heterocycles. The molecule has 2 amide bonds. The van der Waals surface area contributed by atoms with Crippen molar-refractivity contribution in [1.29, 1.82) is 0 Å². The number of nitrogens with one attached hydrogen (secondary N) is 1. The van der Waals surface area contributed by atoms with E-state index in [1.165, 1.54) is 6.42 Å². The lowest BCUT2D eigenvalue weighted by Gasteiger charge is -2.38. The summed E-state index contributed by atoms with van der Waals surface area (Å²) in [5.41, 5.74) is -0.745. The summed E-state index contributed by atoms with van der Waals surface area (Å²) >= 11 is 0. The Labute approximate surface area is 143 Å². The van der Waals surface area contributed by atoms with E-state index in [1.54, 1.807) is 12.5 Å². The number of rotatable bonds is 5. The van der Waals surface area contributed by atoms with Gasteiger partial charge in [-0.2, -0.15) is 0 Å². The van der Waals surface area contributed by atoms with E-state index in [4.69, 9.17) is 0 Å². The number of hydrogen-bond donors (Lipinski definition) is 2. The fourth-order valence-electron chi connectivity index (χ4n) is 3.71. The zero-order chi connectivity index (χ0) is 17.0. The molecule has 3 rings (SSSR count). The molecule has 2 N–H and O–H groups in total. The Morgan fingerprint density at radius 3 is 2.79 bits per heavy atom. The van der Waals surface area contributed by atoms with Crippen LogP contribution in [0.15, 0.2) is 18.7 Å². The average molecular weight is 335 g/mol. The molecule has 0 spiro atoms. The average Bonchev–Trinajstić information content (AvgIpc) is 3.24. The molecule has 1 unspecified atom stereocenters. The summed E-state index contributed by atoms with van der Waals surface area (Å²) in [6, 6.07) is 0.00892. The van der Waals surface area contributed by atoms with E-state index in [2.05, 4.69) is 22.1 Å². The summed E-state index contributed by atoms with van der Waals surface area (Å²) in [4.78, 5) is 20.6. The van der Waals surface area contributed by atoms with Crippen molar-refractivity contribution in [3.8, 4) is 0 Å². The number of nitrogens with zero attached hydrogens (tertiary/aromatic N) is 4. The second-order valence-corrected chi connectivity index (χ2v) is 7.18. The maximum Gasteiger partial charge on any atom is 0.317 e. The standard InChI is InChI=1S/C17H29N5O2/c1-2-20-7-3-15(12-20)11-19-16(23)22-8-4-17(24,5-9-22)13-21-10-6-18-14-21/h6,10,14-15,24H,2-5,7-9,11-13H2,1H3,(H,19,23). The van der Waals surface area contributed by atoms with Gasteiger partial charge in [0, 0.05) is 38.6 Å². The van der Waals surface area contributed by atoms with Crippen LogP contribution in [0, 0.1) is 5.92 Å². The van der Waals surface area contributed by atoms with Gasteiger partial charge in [0.25, 0.3) is 0 Å². The van der Waals surface area contributed by atoms with Crippen LogP contribution < -0.4 is 5.32 Å². The molecule has 0 radical (unpaired) electrons. The third kappa shape index (κ3) is 4.27. The lowest BCUT2D eigenvalue weighted by Crippen LogP contribution is -2.51. The highest BCUT2D eigenvalue weighted by Crippen LogP contribution is 2.24. The van der Waals surface area contributed by atoms with Crippen molar-refractivity contribution >= 4 is 6.03 Å². The predicted octanol–water partition coefficient (Wildman–Crippen LogP) is 0.761. The number of urea groups is 1. The van der Waals surface area contributed by atoms with E-state index in [0.717, 1.165) is 26.2 Å². The van der Waals surface area contributed by atoms with Crippen molar-refractivity contribution in [3.05, 3.63) is 18.7 Å². The van der Waals surface area contributed by atoms with Crippen LogP contribution in [0.3, 0.4) is 0 Å². The van der Waals surface area contributed by atoms with Gasteiger partial charge in [0.15, 0.2) is 0 Å². The van der Waals surface area contributed by atoms with E-state index in [1.807, 2.05) is 15.7 Å². The summed E-state index contributed by atoms with van der Waals surface area (Å²) < 4.78 is 1.90. The highest BCUT2D eigenvalue weighted by Gasteiger charge is 2.34. The smallest absolute Gasteiger partial charge is 0.317 e. The highest BCUT2D eigenvalue weighted by molar-refractivity contribution is 5.74. The van der Waals surface area contributed by atoms with Gasteiger partial charge in [0.05, 0.1) is 18.5 Å². The van der Waals surface area contributed by atoms with Gasteiger partial charge in [0.2, 0.25) is 0 Å². The molecule has 2 saturated heterocycles. The molecule has 7 heteroatoms. The normalized spacial score (nSPS) is 24.2. The minimum absolute atomic E-state index is 0.00892. The third-order valence-corrected chi connectivity index (χ3v) is 5.38. The second-order valence-electron chi connectivity index (χ2n) is 7.18. The maximum absolute atomic E-state index is 12.3. The summed E-state index contributed by atoms with van der Waals surface area (Å²) in [6.45, 7) is 7.99. The molecule has 0 bridgehead atoms. The number of imidazole rings is 1. The molecule has 2 aliphatic heterocycles. The Balaban J connectivity index is 1.40. The van der Waals surface area contributed by atoms with Crippen LogP contribution >= 0.6 is 0 Å². The number of aliphatic hydroxyl groups is 1. The van der Waals surface area contributed by atoms with Gasteiger partial charge in [0.1, 0.15) is 0 Å². The van der Waals surface area contributed by atoms with Gasteiger partial charge in [-0.3, -0.25) is 0 Å². The van der Waals surface area contributed by atoms with Crippen molar-refractivity contribution < 1.29 is 9.90 Å². The van der Waals surface area contributed by atoms with E-state index in [0.29, 0.717) is 38.4 Å². The topological polar surface area (TPSA) is 73.6 Å². The number of carbonyl (C=O) groups is 1. The van der Waals surface area contributed by atoms with Crippen LogP contribution in [0.1, 0.15) is 26.2 Å². The number of likely N-dealkylation sites (tertiary alicyclic amines) is 2. The van der Waals surface area contributed by atoms with Gasteiger partial charge in [-0.1, -0.05) is 6.92 Å². The lowest BCUT2D eigenvalue weighted by atomic mass is 9.91. The summed E-state index contributed by atoms with van der Waals surface area (Å²) in [7, 11) is 0. The van der Waals surface area contributed by atoms with Crippen molar-refractivity contribution in [2.45, 2.75) is 38.3 Å². The van der Waals surface area contributed by atoms with Crippen molar-refractivity contribution in [1.82, 2.24) is 24.7 Å². The van der Waals surface area contributed by atoms with Gasteiger partial charge in [-0.05, 0) is 38.3 Å². The molecule has 24 heavy (non-hydrogen) atoms. The van der Waals surface area contributed by atoms with Crippen molar-refractivity contribution in [3.63, 3.8) is 0 Å².